The Bertz CT molecular complexity index is 1420. The SMILES string of the molecule is NC1(Cc2ccccc2)N=CN=C2N=CN=C21.Nc1nc(Cc2ccccc2)c2[nH]cnc2n1. The third-order valence-electron chi connectivity index (χ3n) is 5.37. The molecule has 168 valence electrons. The number of amidine groups is 1. The number of fused-ring (bicyclic) bond motifs is 2. The molecular formula is C24H22N10. The summed E-state index contributed by atoms with van der Waals surface area (Å²) in [6.07, 6.45) is 5.83. The Kier molecular flexibility index (Phi) is 5.71. The minimum Gasteiger partial charge on any atom is -0.368 e. The number of hydrogen-bond acceptors (Lipinski definition) is 9. The summed E-state index contributed by atoms with van der Waals surface area (Å²) in [5.41, 5.74) is 16.4. The largest absolute Gasteiger partial charge is 0.368 e. The van der Waals surface area contributed by atoms with E-state index in [2.05, 4.69) is 52.0 Å². The Morgan fingerprint density at radius 2 is 1.59 bits per heavy atom. The Hall–Kier alpha value is -4.57. The molecule has 4 aromatic rings. The maximum atomic E-state index is 6.29. The van der Waals surface area contributed by atoms with Crippen LogP contribution in [0.4, 0.5) is 5.95 Å². The van der Waals surface area contributed by atoms with Crippen LogP contribution < -0.4 is 11.5 Å². The zero-order valence-electron chi connectivity index (χ0n) is 18.2. The highest BCUT2D eigenvalue weighted by Gasteiger charge is 2.37. The maximum absolute atomic E-state index is 6.29. The molecule has 1 unspecified atom stereocenters. The summed E-state index contributed by atoms with van der Waals surface area (Å²) in [4.78, 5) is 32.0. The van der Waals surface area contributed by atoms with Crippen molar-refractivity contribution in [3.05, 3.63) is 83.8 Å². The standard InChI is InChI=1S/2C12H11N5/c13-12(6-9-4-2-1-3-5-9)10-11(15-7-14-10)16-8-17-12;13-12-16-9(6-8-4-2-1-3-5-8)10-11(17-12)15-7-14-10/h1-5,7-8H,6,13H2;1-5,7H,6H2,(H3,13,14,15,16,17). The van der Waals surface area contributed by atoms with Crippen LogP contribution in [0.5, 0.6) is 0 Å². The molecule has 0 saturated carbocycles. The molecule has 0 saturated heterocycles. The number of H-pyrrole nitrogens is 1. The first-order valence-electron chi connectivity index (χ1n) is 10.7. The van der Waals surface area contributed by atoms with Gasteiger partial charge in [-0.2, -0.15) is 4.98 Å². The molecule has 10 heteroatoms. The predicted octanol–water partition coefficient (Wildman–Crippen LogP) is 2.33. The highest BCUT2D eigenvalue weighted by atomic mass is 15.2. The minimum atomic E-state index is -0.852. The number of benzene rings is 2. The summed E-state index contributed by atoms with van der Waals surface area (Å²) >= 11 is 0. The highest BCUT2D eigenvalue weighted by molar-refractivity contribution is 6.50. The second-order valence-electron chi connectivity index (χ2n) is 7.80. The smallest absolute Gasteiger partial charge is 0.222 e. The van der Waals surface area contributed by atoms with Crippen molar-refractivity contribution in [1.82, 2.24) is 19.9 Å². The van der Waals surface area contributed by atoms with Gasteiger partial charge in [0.05, 0.1) is 12.0 Å². The number of rotatable bonds is 4. The van der Waals surface area contributed by atoms with Crippen molar-refractivity contribution in [2.45, 2.75) is 18.5 Å². The Labute approximate surface area is 195 Å². The number of nitrogen functional groups attached to an aromatic ring is 1. The lowest BCUT2D eigenvalue weighted by atomic mass is 9.95. The summed E-state index contributed by atoms with van der Waals surface area (Å²) in [7, 11) is 0. The molecular weight excluding hydrogens is 428 g/mol. The topological polar surface area (TPSA) is 156 Å². The Morgan fingerprint density at radius 3 is 2.35 bits per heavy atom. The summed E-state index contributed by atoms with van der Waals surface area (Å²) in [6, 6.07) is 20.1. The molecule has 0 amide bonds. The fourth-order valence-corrected chi connectivity index (χ4v) is 3.77. The molecule has 2 aliphatic heterocycles. The molecule has 10 nitrogen and oxygen atoms in total. The van der Waals surface area contributed by atoms with Crippen molar-refractivity contribution in [1.29, 1.82) is 0 Å². The number of aliphatic imine (C=N–C) groups is 4. The number of hydrogen-bond donors (Lipinski definition) is 3. The molecule has 5 N–H and O–H groups in total. The molecule has 0 aliphatic carbocycles. The molecule has 6 rings (SSSR count). The lowest BCUT2D eigenvalue weighted by Crippen LogP contribution is -2.52. The van der Waals surface area contributed by atoms with E-state index in [0.29, 0.717) is 30.0 Å². The van der Waals surface area contributed by atoms with E-state index >= 15 is 0 Å². The van der Waals surface area contributed by atoms with E-state index in [4.69, 9.17) is 11.5 Å². The quantitative estimate of drug-likeness (QED) is 0.435. The summed E-state index contributed by atoms with van der Waals surface area (Å²) in [5, 5.41) is 0. The number of imidazole rings is 1. The third kappa shape index (κ3) is 4.48. The first kappa shape index (κ1) is 21.3. The van der Waals surface area contributed by atoms with Gasteiger partial charge in [0.25, 0.3) is 0 Å². The van der Waals surface area contributed by atoms with Crippen LogP contribution in [0.25, 0.3) is 11.2 Å². The van der Waals surface area contributed by atoms with Gasteiger partial charge in [0, 0.05) is 12.8 Å². The molecule has 4 heterocycles. The van der Waals surface area contributed by atoms with Gasteiger partial charge in [-0.3, -0.25) is 0 Å². The second-order valence-corrected chi connectivity index (χ2v) is 7.80. The van der Waals surface area contributed by atoms with Crippen molar-refractivity contribution in [3.63, 3.8) is 0 Å². The average molecular weight is 451 g/mol. The molecule has 0 fully saturated rings. The lowest BCUT2D eigenvalue weighted by molar-refractivity contribution is 0.597. The van der Waals surface area contributed by atoms with Crippen molar-refractivity contribution in [2.75, 3.05) is 5.73 Å². The van der Waals surface area contributed by atoms with E-state index in [9.17, 15) is 0 Å². The van der Waals surface area contributed by atoms with Gasteiger partial charge < -0.3 is 16.5 Å². The third-order valence-corrected chi connectivity index (χ3v) is 5.37. The Morgan fingerprint density at radius 1 is 0.853 bits per heavy atom. The van der Waals surface area contributed by atoms with Crippen LogP contribution in [0.15, 0.2) is 87.0 Å². The molecule has 0 radical (unpaired) electrons. The van der Waals surface area contributed by atoms with Crippen LogP contribution in [-0.2, 0) is 12.8 Å². The van der Waals surface area contributed by atoms with E-state index in [1.54, 1.807) is 6.33 Å². The van der Waals surface area contributed by atoms with E-state index in [-0.39, 0.29) is 5.95 Å². The first-order valence-corrected chi connectivity index (χ1v) is 10.7. The molecule has 0 spiro atoms. The van der Waals surface area contributed by atoms with Crippen LogP contribution in [0.1, 0.15) is 16.8 Å². The molecule has 2 aromatic carbocycles. The second kappa shape index (κ2) is 9.12. The van der Waals surface area contributed by atoms with Crippen molar-refractivity contribution < 1.29 is 0 Å². The van der Waals surface area contributed by atoms with E-state index < -0.39 is 5.66 Å². The van der Waals surface area contributed by atoms with E-state index in [0.717, 1.165) is 16.8 Å². The number of aromatic amines is 1. The monoisotopic (exact) mass is 450 g/mol. The fourth-order valence-electron chi connectivity index (χ4n) is 3.77. The van der Waals surface area contributed by atoms with Gasteiger partial charge in [0.2, 0.25) is 5.95 Å². The first-order chi connectivity index (χ1) is 16.6. The van der Waals surface area contributed by atoms with Crippen molar-refractivity contribution in [3.8, 4) is 0 Å². The summed E-state index contributed by atoms with van der Waals surface area (Å²) < 4.78 is 0. The van der Waals surface area contributed by atoms with Gasteiger partial charge in [-0.1, -0.05) is 60.7 Å². The number of nitrogens with two attached hydrogens (primary N) is 2. The van der Waals surface area contributed by atoms with Gasteiger partial charge in [-0.25, -0.2) is 29.9 Å². The molecule has 2 aromatic heterocycles. The van der Waals surface area contributed by atoms with Crippen molar-refractivity contribution >= 4 is 41.3 Å². The van der Waals surface area contributed by atoms with Gasteiger partial charge in [0.1, 0.15) is 23.9 Å². The predicted molar refractivity (Wildman–Crippen MR) is 134 cm³/mol. The van der Waals surface area contributed by atoms with Crippen LogP contribution in [0, 0.1) is 0 Å². The number of nitrogens with one attached hydrogen (secondary N) is 1. The summed E-state index contributed by atoms with van der Waals surface area (Å²) in [6.45, 7) is 0. The van der Waals surface area contributed by atoms with Crippen LogP contribution >= 0.6 is 0 Å². The summed E-state index contributed by atoms with van der Waals surface area (Å²) in [5.74, 6) is 0.828. The molecule has 1 atom stereocenters. The fraction of sp³-hybridized carbons (Fsp3) is 0.125. The van der Waals surface area contributed by atoms with Crippen LogP contribution in [-0.4, -0.2) is 49.8 Å². The Balaban J connectivity index is 0.000000142. The zero-order valence-corrected chi connectivity index (χ0v) is 18.2. The van der Waals surface area contributed by atoms with Crippen LogP contribution in [0.2, 0.25) is 0 Å². The zero-order chi connectivity index (χ0) is 23.4. The lowest BCUT2D eigenvalue weighted by Gasteiger charge is -2.26. The van der Waals surface area contributed by atoms with Gasteiger partial charge in [-0.05, 0) is 11.1 Å². The number of aromatic nitrogens is 4. The number of anilines is 1. The van der Waals surface area contributed by atoms with E-state index in [1.807, 2.05) is 48.5 Å². The highest BCUT2D eigenvalue weighted by Crippen LogP contribution is 2.20. The minimum absolute atomic E-state index is 0.260. The normalized spacial score (nSPS) is 18.1. The average Bonchev–Trinajstić information content (AvgIpc) is 3.51. The maximum Gasteiger partial charge on any atom is 0.222 e. The van der Waals surface area contributed by atoms with Gasteiger partial charge >= 0.3 is 0 Å². The molecule has 2 aliphatic rings. The number of nitrogens with zero attached hydrogens (tertiary/aromatic N) is 7. The van der Waals surface area contributed by atoms with Crippen molar-refractivity contribution in [2.24, 2.45) is 25.7 Å². The molecule has 0 bridgehead atoms. The van der Waals surface area contributed by atoms with E-state index in [1.165, 1.54) is 18.2 Å². The van der Waals surface area contributed by atoms with Gasteiger partial charge in [-0.15, -0.1) is 0 Å². The van der Waals surface area contributed by atoms with Crippen LogP contribution in [0.3, 0.4) is 0 Å². The molecule has 34 heavy (non-hydrogen) atoms. The van der Waals surface area contributed by atoms with Gasteiger partial charge in [0.15, 0.2) is 17.1 Å².